The molecule has 0 amide bonds. The average Bonchev–Trinajstić information content (AvgIpc) is 2.48. The highest BCUT2D eigenvalue weighted by Crippen LogP contribution is 2.39. The van der Waals surface area contributed by atoms with Gasteiger partial charge in [-0.15, -0.1) is 0 Å². The highest BCUT2D eigenvalue weighted by atomic mass is 19.4. The van der Waals surface area contributed by atoms with Gasteiger partial charge >= 0.3 is 24.0 Å². The number of ether oxygens (including phenoxy) is 1. The largest absolute Gasteiger partial charge is 0.481 e. The Hall–Kier alpha value is -1.41. The van der Waals surface area contributed by atoms with Crippen LogP contribution in [0.15, 0.2) is 0 Å². The quantitative estimate of drug-likeness (QED) is 0.260. The Bertz CT molecular complexity index is 396. The van der Waals surface area contributed by atoms with Gasteiger partial charge in [-0.25, -0.2) is 0 Å². The molecule has 9 heteroatoms. The zero-order chi connectivity index (χ0) is 19.3. The van der Waals surface area contributed by atoms with Crippen LogP contribution in [0, 0.1) is 0 Å². The summed E-state index contributed by atoms with van der Waals surface area (Å²) >= 11 is 0. The number of alkyl halides is 5. The predicted molar refractivity (Wildman–Crippen MR) is 80.4 cm³/mol. The van der Waals surface area contributed by atoms with Gasteiger partial charge in [-0.1, -0.05) is 25.7 Å². The van der Waals surface area contributed by atoms with Gasteiger partial charge in [0.25, 0.3) is 0 Å². The van der Waals surface area contributed by atoms with E-state index in [-0.39, 0.29) is 38.3 Å². The molecule has 0 aliphatic heterocycles. The van der Waals surface area contributed by atoms with Gasteiger partial charge in [0.1, 0.15) is 0 Å². The Morgan fingerprint density at radius 2 is 1.28 bits per heavy atom. The molecular formula is C16H25F5O4. The lowest BCUT2D eigenvalue weighted by Crippen LogP contribution is -2.36. The van der Waals surface area contributed by atoms with E-state index in [1.807, 2.05) is 0 Å². The number of carbonyl (C=O) groups is 2. The third-order valence-corrected chi connectivity index (χ3v) is 3.58. The Labute approximate surface area is 143 Å². The Balaban J connectivity index is 3.48. The van der Waals surface area contributed by atoms with Crippen LogP contribution in [0.1, 0.15) is 70.6 Å². The molecule has 0 saturated heterocycles. The van der Waals surface area contributed by atoms with Crippen LogP contribution in [0.25, 0.3) is 0 Å². The molecule has 0 rings (SSSR count). The standard InChI is InChI=1S/C16H25F5O4/c17-15(18,16(19,20)21)11-7-3-4-8-12-25-14(24)10-6-2-1-5-9-13(22)23/h1-12H2,(H,22,23). The number of aliphatic carboxylic acids is 1. The number of esters is 1. The summed E-state index contributed by atoms with van der Waals surface area (Å²) in [6.45, 7) is 0.119. The third-order valence-electron chi connectivity index (χ3n) is 3.58. The second-order valence-corrected chi connectivity index (χ2v) is 5.89. The zero-order valence-corrected chi connectivity index (χ0v) is 14.0. The summed E-state index contributed by atoms with van der Waals surface area (Å²) in [6, 6.07) is 0. The predicted octanol–water partition coefficient (Wildman–Crippen LogP) is 5.10. The number of halogens is 5. The van der Waals surface area contributed by atoms with Crippen molar-refractivity contribution < 1.29 is 41.4 Å². The molecule has 148 valence electrons. The first-order valence-corrected chi connectivity index (χ1v) is 8.38. The number of carbonyl (C=O) groups excluding carboxylic acids is 1. The molecule has 0 aliphatic carbocycles. The molecule has 0 aromatic carbocycles. The molecule has 0 bridgehead atoms. The monoisotopic (exact) mass is 376 g/mol. The second kappa shape index (κ2) is 12.0. The fourth-order valence-electron chi connectivity index (χ4n) is 2.10. The van der Waals surface area contributed by atoms with Gasteiger partial charge in [-0.2, -0.15) is 22.0 Å². The molecule has 0 aromatic rings. The Morgan fingerprint density at radius 1 is 0.760 bits per heavy atom. The molecule has 0 aromatic heterocycles. The van der Waals surface area contributed by atoms with Crippen molar-refractivity contribution in [2.24, 2.45) is 0 Å². The number of rotatable bonds is 14. The number of hydrogen-bond acceptors (Lipinski definition) is 3. The second-order valence-electron chi connectivity index (χ2n) is 5.89. The first-order valence-electron chi connectivity index (χ1n) is 8.38. The van der Waals surface area contributed by atoms with Gasteiger partial charge in [0.15, 0.2) is 0 Å². The minimum absolute atomic E-state index is 0.110. The number of hydrogen-bond donors (Lipinski definition) is 1. The van der Waals surface area contributed by atoms with Crippen molar-refractivity contribution in [3.05, 3.63) is 0 Å². The molecule has 0 heterocycles. The van der Waals surface area contributed by atoms with Crippen molar-refractivity contribution in [3.63, 3.8) is 0 Å². The lowest BCUT2D eigenvalue weighted by Gasteiger charge is -2.19. The topological polar surface area (TPSA) is 63.6 Å². The summed E-state index contributed by atoms with van der Waals surface area (Å²) in [5, 5.41) is 8.45. The smallest absolute Gasteiger partial charge is 0.453 e. The van der Waals surface area contributed by atoms with Crippen LogP contribution in [0.4, 0.5) is 22.0 Å². The van der Waals surface area contributed by atoms with E-state index in [1.54, 1.807) is 0 Å². The van der Waals surface area contributed by atoms with E-state index in [9.17, 15) is 31.5 Å². The van der Waals surface area contributed by atoms with Crippen molar-refractivity contribution in [1.82, 2.24) is 0 Å². The lowest BCUT2D eigenvalue weighted by atomic mass is 10.1. The van der Waals surface area contributed by atoms with E-state index in [0.29, 0.717) is 25.7 Å². The Morgan fingerprint density at radius 3 is 1.84 bits per heavy atom. The highest BCUT2D eigenvalue weighted by Gasteiger charge is 2.56. The molecule has 0 fully saturated rings. The average molecular weight is 376 g/mol. The number of carboxylic acid groups (broad SMARTS) is 1. The maximum absolute atomic E-state index is 12.6. The zero-order valence-electron chi connectivity index (χ0n) is 14.0. The molecule has 0 atom stereocenters. The van der Waals surface area contributed by atoms with Crippen molar-refractivity contribution in [2.75, 3.05) is 6.61 Å². The fraction of sp³-hybridized carbons (Fsp3) is 0.875. The Kier molecular flexibility index (Phi) is 11.3. The third kappa shape index (κ3) is 12.6. The maximum atomic E-state index is 12.6. The summed E-state index contributed by atoms with van der Waals surface area (Å²) in [4.78, 5) is 21.7. The number of unbranched alkanes of at least 4 members (excludes halogenated alkanes) is 6. The summed E-state index contributed by atoms with van der Waals surface area (Å²) in [6.07, 6.45) is -2.96. The van der Waals surface area contributed by atoms with E-state index in [4.69, 9.17) is 9.84 Å². The summed E-state index contributed by atoms with van der Waals surface area (Å²) < 4.78 is 65.9. The highest BCUT2D eigenvalue weighted by molar-refractivity contribution is 5.69. The van der Waals surface area contributed by atoms with Crippen molar-refractivity contribution in [3.8, 4) is 0 Å². The van der Waals surface area contributed by atoms with E-state index in [0.717, 1.165) is 12.8 Å². The SMILES string of the molecule is O=C(O)CCCCCCC(=O)OCCCCCCC(F)(F)C(F)(F)F. The lowest BCUT2D eigenvalue weighted by molar-refractivity contribution is -0.284. The van der Waals surface area contributed by atoms with E-state index in [1.165, 1.54) is 0 Å². The van der Waals surface area contributed by atoms with Gasteiger partial charge in [0, 0.05) is 19.3 Å². The summed E-state index contributed by atoms with van der Waals surface area (Å²) in [5.74, 6) is -5.88. The van der Waals surface area contributed by atoms with Crippen LogP contribution in [-0.2, 0) is 14.3 Å². The van der Waals surface area contributed by atoms with Gasteiger partial charge in [-0.05, 0) is 25.7 Å². The first-order chi connectivity index (χ1) is 11.6. The first kappa shape index (κ1) is 23.6. The molecule has 0 saturated carbocycles. The van der Waals surface area contributed by atoms with E-state index < -0.39 is 24.5 Å². The van der Waals surface area contributed by atoms with E-state index in [2.05, 4.69) is 0 Å². The molecule has 0 radical (unpaired) electrons. The van der Waals surface area contributed by atoms with Crippen molar-refractivity contribution in [2.45, 2.75) is 82.7 Å². The minimum atomic E-state index is -5.50. The van der Waals surface area contributed by atoms with Gasteiger partial charge in [0.2, 0.25) is 0 Å². The van der Waals surface area contributed by atoms with Gasteiger partial charge in [0.05, 0.1) is 6.61 Å². The maximum Gasteiger partial charge on any atom is 0.453 e. The van der Waals surface area contributed by atoms with Crippen LogP contribution in [0.2, 0.25) is 0 Å². The fourth-order valence-corrected chi connectivity index (χ4v) is 2.10. The molecule has 0 spiro atoms. The molecule has 25 heavy (non-hydrogen) atoms. The molecule has 0 aliphatic rings. The minimum Gasteiger partial charge on any atom is -0.481 e. The van der Waals surface area contributed by atoms with Crippen molar-refractivity contribution >= 4 is 11.9 Å². The molecule has 1 N–H and O–H groups in total. The van der Waals surface area contributed by atoms with Gasteiger partial charge in [-0.3, -0.25) is 9.59 Å². The van der Waals surface area contributed by atoms with Crippen LogP contribution >= 0.6 is 0 Å². The van der Waals surface area contributed by atoms with Crippen LogP contribution in [0.3, 0.4) is 0 Å². The van der Waals surface area contributed by atoms with Crippen LogP contribution in [-0.4, -0.2) is 35.8 Å². The molecule has 4 nitrogen and oxygen atoms in total. The molecule has 0 unspecified atom stereocenters. The summed E-state index contributed by atoms with van der Waals surface area (Å²) in [5.41, 5.74) is 0. The van der Waals surface area contributed by atoms with Gasteiger partial charge < -0.3 is 9.84 Å². The van der Waals surface area contributed by atoms with E-state index >= 15 is 0 Å². The van der Waals surface area contributed by atoms with Crippen LogP contribution in [0.5, 0.6) is 0 Å². The van der Waals surface area contributed by atoms with Crippen LogP contribution < -0.4 is 0 Å². The summed E-state index contributed by atoms with van der Waals surface area (Å²) in [7, 11) is 0. The normalized spacial score (nSPS) is 12.2. The molecular weight excluding hydrogens is 351 g/mol. The van der Waals surface area contributed by atoms with Crippen molar-refractivity contribution in [1.29, 1.82) is 0 Å². The number of carboxylic acids is 1.